The van der Waals surface area contributed by atoms with Crippen molar-refractivity contribution in [3.05, 3.63) is 0 Å². The van der Waals surface area contributed by atoms with E-state index in [1.807, 2.05) is 0 Å². The third-order valence-electron chi connectivity index (χ3n) is 3.56. The molecular formula is C13H26N2O2. The van der Waals surface area contributed by atoms with Crippen LogP contribution in [0.15, 0.2) is 0 Å². The third-order valence-corrected chi connectivity index (χ3v) is 3.56. The van der Waals surface area contributed by atoms with Crippen molar-refractivity contribution in [3.8, 4) is 0 Å². The topological polar surface area (TPSA) is 64.3 Å². The van der Waals surface area contributed by atoms with Gasteiger partial charge >= 0.3 is 0 Å². The molecular weight excluding hydrogens is 216 g/mol. The Morgan fingerprint density at radius 2 is 2.12 bits per heavy atom. The first kappa shape index (κ1) is 14.5. The molecule has 0 heterocycles. The summed E-state index contributed by atoms with van der Waals surface area (Å²) in [5.74, 6) is 0.651. The van der Waals surface area contributed by atoms with E-state index >= 15 is 0 Å². The van der Waals surface area contributed by atoms with Gasteiger partial charge in [0.05, 0.1) is 0 Å². The molecule has 0 saturated heterocycles. The summed E-state index contributed by atoms with van der Waals surface area (Å²) in [5.41, 5.74) is 5.74. The minimum Gasteiger partial charge on any atom is -0.385 e. The zero-order chi connectivity index (χ0) is 12.5. The van der Waals surface area contributed by atoms with Gasteiger partial charge in [0.15, 0.2) is 0 Å². The fraction of sp³-hybridized carbons (Fsp3) is 0.923. The summed E-state index contributed by atoms with van der Waals surface area (Å²) in [6, 6.07) is 0.309. The average Bonchev–Trinajstić information content (AvgIpc) is 2.35. The molecule has 4 heteroatoms. The molecule has 1 amide bonds. The number of nitrogens with one attached hydrogen (secondary N) is 1. The average molecular weight is 242 g/mol. The van der Waals surface area contributed by atoms with E-state index in [9.17, 15) is 4.79 Å². The van der Waals surface area contributed by atoms with Crippen LogP contribution in [0.5, 0.6) is 0 Å². The number of carbonyl (C=O) groups excluding carboxylic acids is 1. The second-order valence-corrected chi connectivity index (χ2v) is 4.90. The van der Waals surface area contributed by atoms with Crippen LogP contribution in [0.25, 0.3) is 0 Å². The quantitative estimate of drug-likeness (QED) is 0.664. The summed E-state index contributed by atoms with van der Waals surface area (Å²) in [6.07, 6.45) is 7.18. The summed E-state index contributed by atoms with van der Waals surface area (Å²) in [4.78, 5) is 11.7. The number of amides is 1. The number of hydrogen-bond acceptors (Lipinski definition) is 3. The van der Waals surface area contributed by atoms with Gasteiger partial charge in [0.2, 0.25) is 5.91 Å². The Morgan fingerprint density at radius 3 is 2.82 bits per heavy atom. The molecule has 1 saturated carbocycles. The molecule has 0 aromatic rings. The van der Waals surface area contributed by atoms with Gasteiger partial charge in [-0.1, -0.05) is 12.8 Å². The summed E-state index contributed by atoms with van der Waals surface area (Å²) in [6.45, 7) is 1.43. The third kappa shape index (κ3) is 5.50. The van der Waals surface area contributed by atoms with Crippen LogP contribution in [0.1, 0.15) is 44.9 Å². The molecule has 1 aliphatic rings. The van der Waals surface area contributed by atoms with Crippen LogP contribution >= 0.6 is 0 Å². The van der Waals surface area contributed by atoms with Crippen LogP contribution in [0.3, 0.4) is 0 Å². The van der Waals surface area contributed by atoms with Gasteiger partial charge in [-0.25, -0.2) is 0 Å². The first-order chi connectivity index (χ1) is 8.27. The van der Waals surface area contributed by atoms with Crippen molar-refractivity contribution in [1.29, 1.82) is 0 Å². The lowest BCUT2D eigenvalue weighted by Gasteiger charge is -2.31. The Labute approximate surface area is 104 Å². The highest BCUT2D eigenvalue weighted by Crippen LogP contribution is 2.23. The number of nitrogens with two attached hydrogens (primary N) is 1. The molecule has 0 aromatic heterocycles. The summed E-state index contributed by atoms with van der Waals surface area (Å²) >= 11 is 0. The van der Waals surface area contributed by atoms with Gasteiger partial charge in [-0.2, -0.15) is 0 Å². The van der Waals surface area contributed by atoms with Crippen LogP contribution in [-0.2, 0) is 9.53 Å². The Hall–Kier alpha value is -0.610. The number of hydrogen-bond donors (Lipinski definition) is 2. The molecule has 0 radical (unpaired) electrons. The van der Waals surface area contributed by atoms with Gasteiger partial charge in [-0.3, -0.25) is 4.79 Å². The highest BCUT2D eigenvalue weighted by atomic mass is 16.5. The standard InChI is InChI=1S/C13H26N2O2/c1-17-9-5-4-8-13(16)15-12-7-3-2-6-11(12)10-14/h11-12H,2-10,14H2,1H3,(H,15,16). The SMILES string of the molecule is COCCCCC(=O)NC1CCCCC1CN. The molecule has 4 nitrogen and oxygen atoms in total. The lowest BCUT2D eigenvalue weighted by Crippen LogP contribution is -2.44. The molecule has 1 fully saturated rings. The van der Waals surface area contributed by atoms with E-state index in [4.69, 9.17) is 10.5 Å². The monoisotopic (exact) mass is 242 g/mol. The number of unbranched alkanes of at least 4 members (excludes halogenated alkanes) is 1. The summed E-state index contributed by atoms with van der Waals surface area (Å²) in [5, 5.41) is 3.14. The number of ether oxygens (including phenoxy) is 1. The Morgan fingerprint density at radius 1 is 1.35 bits per heavy atom. The minimum atomic E-state index is 0.173. The largest absolute Gasteiger partial charge is 0.385 e. The van der Waals surface area contributed by atoms with Crippen LogP contribution in [0.2, 0.25) is 0 Å². The van der Waals surface area contributed by atoms with Gasteiger partial charge in [0, 0.05) is 26.2 Å². The highest BCUT2D eigenvalue weighted by molar-refractivity contribution is 5.76. The molecule has 0 bridgehead atoms. The second-order valence-electron chi connectivity index (χ2n) is 4.90. The zero-order valence-electron chi connectivity index (χ0n) is 10.9. The van der Waals surface area contributed by atoms with Crippen molar-refractivity contribution in [1.82, 2.24) is 5.32 Å². The fourth-order valence-corrected chi connectivity index (χ4v) is 2.49. The molecule has 1 rings (SSSR count). The van der Waals surface area contributed by atoms with Crippen LogP contribution in [-0.4, -0.2) is 32.2 Å². The van der Waals surface area contributed by atoms with E-state index in [1.54, 1.807) is 7.11 Å². The Kier molecular flexibility index (Phi) is 7.21. The van der Waals surface area contributed by atoms with E-state index in [2.05, 4.69) is 5.32 Å². The number of rotatable bonds is 7. The Bertz CT molecular complexity index is 221. The smallest absolute Gasteiger partial charge is 0.220 e. The van der Waals surface area contributed by atoms with Crippen molar-refractivity contribution >= 4 is 5.91 Å². The van der Waals surface area contributed by atoms with Gasteiger partial charge in [0.1, 0.15) is 0 Å². The maximum absolute atomic E-state index is 11.7. The van der Waals surface area contributed by atoms with Crippen molar-refractivity contribution in [3.63, 3.8) is 0 Å². The van der Waals surface area contributed by atoms with Gasteiger partial charge < -0.3 is 15.8 Å². The van der Waals surface area contributed by atoms with E-state index in [1.165, 1.54) is 12.8 Å². The molecule has 0 aliphatic heterocycles. The number of carbonyl (C=O) groups is 1. The molecule has 2 atom stereocenters. The van der Waals surface area contributed by atoms with Crippen molar-refractivity contribution < 1.29 is 9.53 Å². The van der Waals surface area contributed by atoms with E-state index in [0.717, 1.165) is 32.3 Å². The van der Waals surface area contributed by atoms with Crippen LogP contribution in [0.4, 0.5) is 0 Å². The van der Waals surface area contributed by atoms with Gasteiger partial charge in [-0.05, 0) is 38.1 Å². The predicted molar refractivity (Wildman–Crippen MR) is 68.7 cm³/mol. The minimum absolute atomic E-state index is 0.173. The van der Waals surface area contributed by atoms with E-state index < -0.39 is 0 Å². The lowest BCUT2D eigenvalue weighted by atomic mass is 9.84. The predicted octanol–water partition coefficient (Wildman–Crippen LogP) is 1.44. The maximum Gasteiger partial charge on any atom is 0.220 e. The molecule has 0 spiro atoms. The first-order valence-electron chi connectivity index (χ1n) is 6.76. The van der Waals surface area contributed by atoms with Gasteiger partial charge in [-0.15, -0.1) is 0 Å². The molecule has 3 N–H and O–H groups in total. The number of methoxy groups -OCH3 is 1. The van der Waals surface area contributed by atoms with Crippen molar-refractivity contribution in [2.75, 3.05) is 20.3 Å². The van der Waals surface area contributed by atoms with Crippen molar-refractivity contribution in [2.45, 2.75) is 51.0 Å². The molecule has 2 unspecified atom stereocenters. The Balaban J connectivity index is 2.19. The van der Waals surface area contributed by atoms with Crippen LogP contribution in [0, 0.1) is 5.92 Å². The maximum atomic E-state index is 11.7. The van der Waals surface area contributed by atoms with Crippen LogP contribution < -0.4 is 11.1 Å². The second kappa shape index (κ2) is 8.48. The molecule has 17 heavy (non-hydrogen) atoms. The molecule has 100 valence electrons. The summed E-state index contributed by atoms with van der Waals surface area (Å²) in [7, 11) is 1.69. The van der Waals surface area contributed by atoms with Gasteiger partial charge in [0.25, 0.3) is 0 Å². The van der Waals surface area contributed by atoms with Crippen molar-refractivity contribution in [2.24, 2.45) is 11.7 Å². The first-order valence-corrected chi connectivity index (χ1v) is 6.76. The molecule has 1 aliphatic carbocycles. The normalized spacial score (nSPS) is 24.6. The lowest BCUT2D eigenvalue weighted by molar-refractivity contribution is -0.122. The zero-order valence-corrected chi connectivity index (χ0v) is 10.9. The van der Waals surface area contributed by atoms with E-state index in [0.29, 0.717) is 24.9 Å². The highest BCUT2D eigenvalue weighted by Gasteiger charge is 2.24. The van der Waals surface area contributed by atoms with E-state index in [-0.39, 0.29) is 5.91 Å². The fourth-order valence-electron chi connectivity index (χ4n) is 2.49. The molecule has 0 aromatic carbocycles. The summed E-state index contributed by atoms with van der Waals surface area (Å²) < 4.78 is 4.96.